The minimum Gasteiger partial charge on any atom is -0.481 e. The highest BCUT2D eigenvalue weighted by Crippen LogP contribution is 1.96. The number of hydrogen-bond acceptors (Lipinski definition) is 5. The molecule has 0 aliphatic carbocycles. The first-order chi connectivity index (χ1) is 9.45. The van der Waals surface area contributed by atoms with E-state index in [1.54, 1.807) is 14.0 Å². The van der Waals surface area contributed by atoms with Crippen LogP contribution in [0.5, 0.6) is 0 Å². The number of hydrogen-bond donors (Lipinski definition) is 2. The summed E-state index contributed by atoms with van der Waals surface area (Å²) in [4.78, 5) is 21.7. The number of aliphatic carboxylic acids is 1. The summed E-state index contributed by atoms with van der Waals surface area (Å²) in [6.45, 7) is 5.56. The lowest BCUT2D eigenvalue weighted by Gasteiger charge is -2.18. The Bertz CT molecular complexity index is 284. The second kappa shape index (κ2) is 11.6. The van der Waals surface area contributed by atoms with Crippen molar-refractivity contribution < 1.29 is 28.9 Å². The number of methoxy groups -OCH3 is 1. The number of carbonyl (C=O) groups excluding carboxylic acids is 1. The van der Waals surface area contributed by atoms with Gasteiger partial charge in [0.25, 0.3) is 0 Å². The van der Waals surface area contributed by atoms with Crippen LogP contribution in [0, 0.1) is 0 Å². The molecule has 0 radical (unpaired) electrons. The van der Waals surface area contributed by atoms with Gasteiger partial charge in [0.2, 0.25) is 5.91 Å². The minimum absolute atomic E-state index is 0.0185. The number of nitrogens with one attached hydrogen (secondary N) is 1. The lowest BCUT2D eigenvalue weighted by atomic mass is 10.2. The van der Waals surface area contributed by atoms with Crippen LogP contribution in [0.4, 0.5) is 0 Å². The van der Waals surface area contributed by atoms with Crippen molar-refractivity contribution >= 4 is 11.9 Å². The molecule has 0 rings (SSSR count). The van der Waals surface area contributed by atoms with Gasteiger partial charge in [-0.3, -0.25) is 9.59 Å². The quantitative estimate of drug-likeness (QED) is 0.506. The fraction of sp³-hybridized carbons (Fsp3) is 0.846. The lowest BCUT2D eigenvalue weighted by Crippen LogP contribution is -2.37. The third-order valence-corrected chi connectivity index (χ3v) is 2.39. The summed E-state index contributed by atoms with van der Waals surface area (Å²) in [6, 6.07) is -0.169. The summed E-state index contributed by atoms with van der Waals surface area (Å²) < 4.78 is 15.7. The molecule has 0 aromatic rings. The zero-order valence-corrected chi connectivity index (χ0v) is 12.4. The third-order valence-electron chi connectivity index (χ3n) is 2.39. The van der Waals surface area contributed by atoms with Crippen LogP contribution < -0.4 is 5.32 Å². The molecule has 0 heterocycles. The smallest absolute Gasteiger partial charge is 0.303 e. The zero-order valence-electron chi connectivity index (χ0n) is 12.4. The third kappa shape index (κ3) is 11.9. The van der Waals surface area contributed by atoms with Crippen LogP contribution in [-0.2, 0) is 23.8 Å². The lowest BCUT2D eigenvalue weighted by molar-refractivity contribution is -0.139. The van der Waals surface area contributed by atoms with E-state index in [0.717, 1.165) is 0 Å². The first-order valence-electron chi connectivity index (χ1n) is 6.65. The SMILES string of the molecule is COCCOCC(C)OCC(C)NC(=O)CCC(=O)O. The van der Waals surface area contributed by atoms with Crippen molar-refractivity contribution in [3.05, 3.63) is 0 Å². The number of carboxylic acid groups (broad SMARTS) is 1. The number of rotatable bonds is 12. The average Bonchev–Trinajstić information content (AvgIpc) is 2.39. The standard InChI is InChI=1S/C13H25NO6/c1-10(14-12(15)4-5-13(16)17)8-20-11(2)9-19-7-6-18-3/h10-11H,4-9H2,1-3H3,(H,14,15)(H,16,17). The van der Waals surface area contributed by atoms with E-state index >= 15 is 0 Å². The van der Waals surface area contributed by atoms with Crippen molar-refractivity contribution in [2.75, 3.05) is 33.5 Å². The molecule has 118 valence electrons. The summed E-state index contributed by atoms with van der Waals surface area (Å²) in [5, 5.41) is 11.1. The van der Waals surface area contributed by atoms with Crippen LogP contribution >= 0.6 is 0 Å². The summed E-state index contributed by atoms with van der Waals surface area (Å²) in [6.07, 6.45) is -0.261. The number of amides is 1. The van der Waals surface area contributed by atoms with Crippen LogP contribution in [0.15, 0.2) is 0 Å². The van der Waals surface area contributed by atoms with Gasteiger partial charge >= 0.3 is 5.97 Å². The van der Waals surface area contributed by atoms with Gasteiger partial charge in [0, 0.05) is 19.6 Å². The molecule has 0 aliphatic rings. The second-order valence-corrected chi connectivity index (χ2v) is 4.57. The number of carboxylic acids is 1. The van der Waals surface area contributed by atoms with E-state index in [1.165, 1.54) is 0 Å². The van der Waals surface area contributed by atoms with Crippen LogP contribution in [0.25, 0.3) is 0 Å². The van der Waals surface area contributed by atoms with E-state index in [1.807, 2.05) is 6.92 Å². The van der Waals surface area contributed by atoms with Crippen LogP contribution in [0.2, 0.25) is 0 Å². The summed E-state index contributed by atoms with van der Waals surface area (Å²) in [7, 11) is 1.61. The Balaban J connectivity index is 3.62. The molecule has 0 fully saturated rings. The predicted molar refractivity (Wildman–Crippen MR) is 72.6 cm³/mol. The Kier molecular flexibility index (Phi) is 10.9. The van der Waals surface area contributed by atoms with Gasteiger partial charge in [-0.15, -0.1) is 0 Å². The largest absolute Gasteiger partial charge is 0.481 e. The maximum atomic E-state index is 11.4. The average molecular weight is 291 g/mol. The van der Waals surface area contributed by atoms with Gasteiger partial charge in [0.1, 0.15) is 0 Å². The summed E-state index contributed by atoms with van der Waals surface area (Å²) in [5.74, 6) is -1.27. The van der Waals surface area contributed by atoms with Crippen molar-refractivity contribution in [3.63, 3.8) is 0 Å². The Labute approximate surface area is 119 Å². The monoisotopic (exact) mass is 291 g/mol. The van der Waals surface area contributed by atoms with Gasteiger partial charge in [-0.05, 0) is 13.8 Å². The van der Waals surface area contributed by atoms with Crippen LogP contribution in [0.1, 0.15) is 26.7 Å². The molecule has 1 amide bonds. The Morgan fingerprint density at radius 2 is 1.85 bits per heavy atom. The van der Waals surface area contributed by atoms with Crippen molar-refractivity contribution in [2.24, 2.45) is 0 Å². The Hall–Kier alpha value is -1.18. The van der Waals surface area contributed by atoms with Crippen molar-refractivity contribution in [2.45, 2.75) is 38.8 Å². The second-order valence-electron chi connectivity index (χ2n) is 4.57. The summed E-state index contributed by atoms with van der Waals surface area (Å²) in [5.41, 5.74) is 0. The first-order valence-corrected chi connectivity index (χ1v) is 6.65. The number of ether oxygens (including phenoxy) is 3. The van der Waals surface area contributed by atoms with Gasteiger partial charge in [-0.25, -0.2) is 0 Å². The fourth-order valence-corrected chi connectivity index (χ4v) is 1.36. The fourth-order valence-electron chi connectivity index (χ4n) is 1.36. The van der Waals surface area contributed by atoms with Gasteiger partial charge in [0.05, 0.1) is 39.0 Å². The topological polar surface area (TPSA) is 94.1 Å². The highest BCUT2D eigenvalue weighted by atomic mass is 16.5. The Morgan fingerprint density at radius 3 is 2.45 bits per heavy atom. The van der Waals surface area contributed by atoms with E-state index in [-0.39, 0.29) is 30.9 Å². The van der Waals surface area contributed by atoms with E-state index in [0.29, 0.717) is 26.4 Å². The zero-order chi connectivity index (χ0) is 15.4. The van der Waals surface area contributed by atoms with E-state index in [9.17, 15) is 9.59 Å². The molecule has 0 aliphatic heterocycles. The first kappa shape index (κ1) is 18.8. The molecule has 0 saturated carbocycles. The van der Waals surface area contributed by atoms with Crippen LogP contribution in [-0.4, -0.2) is 62.7 Å². The molecular weight excluding hydrogens is 266 g/mol. The van der Waals surface area contributed by atoms with E-state index in [2.05, 4.69) is 5.32 Å². The maximum Gasteiger partial charge on any atom is 0.303 e. The van der Waals surface area contributed by atoms with Gasteiger partial charge in [-0.2, -0.15) is 0 Å². The highest BCUT2D eigenvalue weighted by Gasteiger charge is 2.11. The molecule has 0 aromatic carbocycles. The molecule has 0 spiro atoms. The minimum atomic E-state index is -0.981. The normalized spacial score (nSPS) is 13.8. The molecule has 0 aromatic heterocycles. The van der Waals surface area contributed by atoms with Crippen molar-refractivity contribution in [1.82, 2.24) is 5.32 Å². The number of carbonyl (C=O) groups is 2. The highest BCUT2D eigenvalue weighted by molar-refractivity contribution is 5.80. The van der Waals surface area contributed by atoms with Crippen LogP contribution in [0.3, 0.4) is 0 Å². The molecule has 7 heteroatoms. The molecule has 20 heavy (non-hydrogen) atoms. The molecule has 2 atom stereocenters. The molecular formula is C13H25NO6. The summed E-state index contributed by atoms with van der Waals surface area (Å²) >= 11 is 0. The van der Waals surface area contributed by atoms with Crippen molar-refractivity contribution in [1.29, 1.82) is 0 Å². The maximum absolute atomic E-state index is 11.4. The molecule has 0 bridgehead atoms. The molecule has 2 N–H and O–H groups in total. The van der Waals surface area contributed by atoms with Gasteiger partial charge < -0.3 is 24.6 Å². The van der Waals surface area contributed by atoms with Gasteiger partial charge in [-0.1, -0.05) is 0 Å². The predicted octanol–water partition coefficient (Wildman–Crippen LogP) is 0.424. The van der Waals surface area contributed by atoms with E-state index in [4.69, 9.17) is 19.3 Å². The molecule has 7 nitrogen and oxygen atoms in total. The van der Waals surface area contributed by atoms with Crippen molar-refractivity contribution in [3.8, 4) is 0 Å². The molecule has 0 saturated heterocycles. The molecule has 2 unspecified atom stereocenters. The Morgan fingerprint density at radius 1 is 1.15 bits per heavy atom. The van der Waals surface area contributed by atoms with E-state index < -0.39 is 5.97 Å². The van der Waals surface area contributed by atoms with Gasteiger partial charge in [0.15, 0.2) is 0 Å².